The molecule has 31 heavy (non-hydrogen) atoms. The summed E-state index contributed by atoms with van der Waals surface area (Å²) in [7, 11) is 0. The Kier molecular flexibility index (Phi) is 5.58. The first kappa shape index (κ1) is 20.0. The summed E-state index contributed by atoms with van der Waals surface area (Å²) < 4.78 is 12.2. The van der Waals surface area contributed by atoms with Gasteiger partial charge in [0.05, 0.1) is 18.3 Å². The van der Waals surface area contributed by atoms with Crippen molar-refractivity contribution in [1.29, 1.82) is 0 Å². The Morgan fingerprint density at radius 3 is 2.55 bits per heavy atom. The second-order valence-electron chi connectivity index (χ2n) is 7.83. The highest BCUT2D eigenvalue weighted by atomic mass is 35.5. The van der Waals surface area contributed by atoms with Gasteiger partial charge in [-0.15, -0.1) is 0 Å². The summed E-state index contributed by atoms with van der Waals surface area (Å²) >= 11 is 6.11. The Labute approximate surface area is 188 Å². The molecule has 2 atom stereocenters. The SMILES string of the molecule is CCCCOc1ccc(C2=C[C@@H]3c4ccccc4O[C@@H](c4ccc(Cl)cc4)N3N2)cc1. The zero-order valence-electron chi connectivity index (χ0n) is 17.4. The fourth-order valence-electron chi connectivity index (χ4n) is 4.02. The third kappa shape index (κ3) is 4.01. The topological polar surface area (TPSA) is 33.7 Å². The van der Waals surface area contributed by atoms with E-state index in [-0.39, 0.29) is 12.3 Å². The van der Waals surface area contributed by atoms with E-state index in [1.165, 1.54) is 0 Å². The lowest BCUT2D eigenvalue weighted by atomic mass is 10.0. The van der Waals surface area contributed by atoms with Crippen molar-refractivity contribution >= 4 is 17.3 Å². The van der Waals surface area contributed by atoms with E-state index in [4.69, 9.17) is 21.1 Å². The molecule has 0 radical (unpaired) electrons. The van der Waals surface area contributed by atoms with Gasteiger partial charge in [0.25, 0.3) is 0 Å². The molecule has 5 rings (SSSR count). The molecule has 2 aliphatic heterocycles. The Bertz CT molecular complexity index is 1080. The quantitative estimate of drug-likeness (QED) is 0.450. The molecule has 0 bridgehead atoms. The smallest absolute Gasteiger partial charge is 0.195 e. The van der Waals surface area contributed by atoms with E-state index < -0.39 is 0 Å². The zero-order chi connectivity index (χ0) is 21.2. The summed E-state index contributed by atoms with van der Waals surface area (Å²) in [6, 6.07) is 24.4. The van der Waals surface area contributed by atoms with Crippen LogP contribution in [0.15, 0.2) is 78.9 Å². The maximum atomic E-state index is 6.40. The summed E-state index contributed by atoms with van der Waals surface area (Å²) in [6.45, 7) is 2.92. The number of hydrogen-bond acceptors (Lipinski definition) is 4. The maximum absolute atomic E-state index is 6.40. The van der Waals surface area contributed by atoms with Crippen LogP contribution in [0, 0.1) is 0 Å². The number of rotatable bonds is 6. The Balaban J connectivity index is 1.44. The average molecular weight is 433 g/mol. The molecular formula is C26H25ClN2O2. The predicted octanol–water partition coefficient (Wildman–Crippen LogP) is 6.51. The number of benzene rings is 3. The lowest BCUT2D eigenvalue weighted by Crippen LogP contribution is -2.43. The molecule has 0 aliphatic carbocycles. The average Bonchev–Trinajstić information content (AvgIpc) is 3.26. The number of hydrazine groups is 1. The molecule has 2 heterocycles. The monoisotopic (exact) mass is 432 g/mol. The van der Waals surface area contributed by atoms with Gasteiger partial charge in [0.15, 0.2) is 6.23 Å². The van der Waals surface area contributed by atoms with Crippen molar-refractivity contribution in [2.45, 2.75) is 32.0 Å². The van der Waals surface area contributed by atoms with E-state index in [2.05, 4.69) is 47.7 Å². The van der Waals surface area contributed by atoms with Gasteiger partial charge in [-0.2, -0.15) is 5.01 Å². The molecule has 0 aromatic heterocycles. The molecule has 3 aromatic carbocycles. The fraction of sp³-hybridized carbons (Fsp3) is 0.231. The standard InChI is InChI=1S/C26H25ClN2O2/c1-2-3-16-30-21-14-10-18(11-15-21)23-17-24-22-6-4-5-7-25(22)31-26(29(24)28-23)19-8-12-20(27)13-9-19/h4-15,17,24,26,28H,2-3,16H2,1H3/t24-,26+/m1/s1. The Hall–Kier alpha value is -2.95. The number of nitrogens with zero attached hydrogens (tertiary/aromatic N) is 1. The lowest BCUT2D eigenvalue weighted by Gasteiger charge is -2.38. The molecule has 0 spiro atoms. The molecule has 0 saturated carbocycles. The first-order valence-electron chi connectivity index (χ1n) is 10.7. The van der Waals surface area contributed by atoms with E-state index in [1.54, 1.807) is 0 Å². The van der Waals surface area contributed by atoms with Gasteiger partial charge < -0.3 is 14.9 Å². The number of para-hydroxylation sites is 1. The first-order chi connectivity index (χ1) is 15.2. The number of nitrogens with one attached hydrogen (secondary N) is 1. The van der Waals surface area contributed by atoms with Crippen LogP contribution in [0.25, 0.3) is 5.70 Å². The highest BCUT2D eigenvalue weighted by Gasteiger charge is 2.39. The van der Waals surface area contributed by atoms with Crippen molar-refractivity contribution in [3.05, 3.63) is 101 Å². The third-order valence-corrected chi connectivity index (χ3v) is 5.94. The molecular weight excluding hydrogens is 408 g/mol. The first-order valence-corrected chi connectivity index (χ1v) is 11.1. The number of hydrogen-bond donors (Lipinski definition) is 1. The molecule has 0 fully saturated rings. The van der Waals surface area contributed by atoms with Crippen molar-refractivity contribution in [2.24, 2.45) is 0 Å². The highest BCUT2D eigenvalue weighted by Crippen LogP contribution is 2.45. The number of fused-ring (bicyclic) bond motifs is 3. The number of ether oxygens (including phenoxy) is 2. The molecule has 158 valence electrons. The van der Waals surface area contributed by atoms with Crippen LogP contribution in [-0.4, -0.2) is 11.6 Å². The van der Waals surface area contributed by atoms with Crippen LogP contribution in [0.5, 0.6) is 11.5 Å². The van der Waals surface area contributed by atoms with Crippen molar-refractivity contribution in [3.8, 4) is 11.5 Å². The normalized spacial score (nSPS) is 19.6. The van der Waals surface area contributed by atoms with Crippen LogP contribution in [0.1, 0.15) is 48.7 Å². The highest BCUT2D eigenvalue weighted by molar-refractivity contribution is 6.30. The minimum absolute atomic E-state index is 0.0705. The molecule has 5 heteroatoms. The van der Waals surface area contributed by atoms with Crippen molar-refractivity contribution in [3.63, 3.8) is 0 Å². The number of unbranched alkanes of at least 4 members (excludes halogenated alkanes) is 1. The van der Waals surface area contributed by atoms with E-state index in [0.29, 0.717) is 5.02 Å². The van der Waals surface area contributed by atoms with Gasteiger partial charge in [-0.05, 0) is 60.5 Å². The molecule has 1 N–H and O–H groups in total. The van der Waals surface area contributed by atoms with Crippen molar-refractivity contribution in [1.82, 2.24) is 10.4 Å². The minimum atomic E-state index is -0.262. The molecule has 3 aromatic rings. The summed E-state index contributed by atoms with van der Waals surface area (Å²) in [5.74, 6) is 1.81. The summed E-state index contributed by atoms with van der Waals surface area (Å²) in [6.07, 6.45) is 4.20. The van der Waals surface area contributed by atoms with Gasteiger partial charge >= 0.3 is 0 Å². The van der Waals surface area contributed by atoms with Gasteiger partial charge in [0.1, 0.15) is 11.5 Å². The Morgan fingerprint density at radius 1 is 1.00 bits per heavy atom. The Morgan fingerprint density at radius 2 is 1.77 bits per heavy atom. The maximum Gasteiger partial charge on any atom is 0.195 e. The lowest BCUT2D eigenvalue weighted by molar-refractivity contribution is -0.0326. The third-order valence-electron chi connectivity index (χ3n) is 5.69. The molecule has 0 unspecified atom stereocenters. The van der Waals surface area contributed by atoms with E-state index in [9.17, 15) is 0 Å². The van der Waals surface area contributed by atoms with Crippen LogP contribution in [-0.2, 0) is 0 Å². The van der Waals surface area contributed by atoms with Gasteiger partial charge in [-0.3, -0.25) is 0 Å². The second-order valence-corrected chi connectivity index (χ2v) is 8.27. The summed E-state index contributed by atoms with van der Waals surface area (Å²) in [5.41, 5.74) is 7.95. The minimum Gasteiger partial charge on any atom is -0.494 e. The largest absolute Gasteiger partial charge is 0.494 e. The van der Waals surface area contributed by atoms with Gasteiger partial charge in [0, 0.05) is 16.1 Å². The second kappa shape index (κ2) is 8.66. The number of halogens is 1. The van der Waals surface area contributed by atoms with Crippen LogP contribution in [0.4, 0.5) is 0 Å². The van der Waals surface area contributed by atoms with Crippen LogP contribution < -0.4 is 14.9 Å². The van der Waals surface area contributed by atoms with Crippen LogP contribution in [0.2, 0.25) is 5.02 Å². The molecule has 0 amide bonds. The van der Waals surface area contributed by atoms with Gasteiger partial charge in [0.2, 0.25) is 0 Å². The van der Waals surface area contributed by atoms with Gasteiger partial charge in [-0.1, -0.05) is 55.3 Å². The van der Waals surface area contributed by atoms with Crippen molar-refractivity contribution in [2.75, 3.05) is 6.61 Å². The summed E-state index contributed by atoms with van der Waals surface area (Å²) in [4.78, 5) is 0. The molecule has 4 nitrogen and oxygen atoms in total. The fourth-order valence-corrected chi connectivity index (χ4v) is 4.15. The van der Waals surface area contributed by atoms with E-state index in [0.717, 1.165) is 53.3 Å². The van der Waals surface area contributed by atoms with E-state index in [1.807, 2.05) is 48.5 Å². The van der Waals surface area contributed by atoms with Gasteiger partial charge in [-0.25, -0.2) is 0 Å². The molecule has 2 aliphatic rings. The van der Waals surface area contributed by atoms with Crippen LogP contribution in [0.3, 0.4) is 0 Å². The predicted molar refractivity (Wildman–Crippen MR) is 124 cm³/mol. The van der Waals surface area contributed by atoms with Crippen LogP contribution >= 0.6 is 11.6 Å². The zero-order valence-corrected chi connectivity index (χ0v) is 18.2. The summed E-state index contributed by atoms with van der Waals surface area (Å²) in [5, 5.41) is 2.87. The van der Waals surface area contributed by atoms with Crippen molar-refractivity contribution < 1.29 is 9.47 Å². The molecule has 0 saturated heterocycles. The van der Waals surface area contributed by atoms with E-state index >= 15 is 0 Å².